The van der Waals surface area contributed by atoms with Crippen LogP contribution in [-0.2, 0) is 4.79 Å². The molecule has 19 heavy (non-hydrogen) atoms. The summed E-state index contributed by atoms with van der Waals surface area (Å²) in [5, 5.41) is 3.15. The maximum absolute atomic E-state index is 12.2. The van der Waals surface area contributed by atoms with E-state index in [1.165, 1.54) is 0 Å². The fraction of sp³-hybridized carbons (Fsp3) is 0.538. The van der Waals surface area contributed by atoms with Crippen LogP contribution in [0.25, 0.3) is 0 Å². The lowest BCUT2D eigenvalue weighted by atomic mass is 10.2. The number of halogens is 1. The van der Waals surface area contributed by atoms with E-state index in [4.69, 9.17) is 11.6 Å². The largest absolute Gasteiger partial charge is 0.322 e. The molecule has 1 atom stereocenters. The maximum Gasteiger partial charge on any atom is 0.241 e. The third kappa shape index (κ3) is 3.65. The van der Waals surface area contributed by atoms with Crippen molar-refractivity contribution in [3.63, 3.8) is 0 Å². The van der Waals surface area contributed by atoms with Crippen LogP contribution in [0.15, 0.2) is 18.3 Å². The third-order valence-electron chi connectivity index (χ3n) is 3.48. The Morgan fingerprint density at radius 3 is 2.74 bits per heavy atom. The van der Waals surface area contributed by atoms with Gasteiger partial charge in [0.05, 0.1) is 11.7 Å². The lowest BCUT2D eigenvalue weighted by Crippen LogP contribution is -2.51. The molecule has 1 amide bonds. The number of nitrogens with zero attached hydrogens (tertiary/aromatic N) is 3. The highest BCUT2D eigenvalue weighted by Gasteiger charge is 2.24. The fourth-order valence-electron chi connectivity index (χ4n) is 2.09. The smallest absolute Gasteiger partial charge is 0.241 e. The molecule has 1 aromatic rings. The Morgan fingerprint density at radius 2 is 2.11 bits per heavy atom. The average molecular weight is 283 g/mol. The normalized spacial score (nSPS) is 19.1. The maximum atomic E-state index is 12.2. The summed E-state index contributed by atoms with van der Waals surface area (Å²) in [5.74, 6) is -0.0422. The molecule has 0 aliphatic carbocycles. The van der Waals surface area contributed by atoms with Crippen molar-refractivity contribution >= 4 is 23.2 Å². The molecule has 0 unspecified atom stereocenters. The van der Waals surface area contributed by atoms with E-state index < -0.39 is 0 Å². The number of piperazine rings is 1. The topological polar surface area (TPSA) is 48.5 Å². The van der Waals surface area contributed by atoms with Gasteiger partial charge in [0, 0.05) is 32.4 Å². The Morgan fingerprint density at radius 1 is 1.42 bits per heavy atom. The number of aromatic nitrogens is 1. The molecule has 0 aromatic carbocycles. The zero-order valence-corrected chi connectivity index (χ0v) is 12.0. The Hall–Kier alpha value is -1.17. The minimum absolute atomic E-state index is 0.0422. The van der Waals surface area contributed by atoms with Gasteiger partial charge in [-0.1, -0.05) is 11.6 Å². The van der Waals surface area contributed by atoms with Gasteiger partial charge in [-0.15, -0.1) is 0 Å². The number of carbonyl (C=O) groups is 1. The number of anilines is 1. The monoisotopic (exact) mass is 282 g/mol. The van der Waals surface area contributed by atoms with Crippen LogP contribution in [-0.4, -0.2) is 60.0 Å². The highest BCUT2D eigenvalue weighted by atomic mass is 35.5. The Balaban J connectivity index is 1.94. The van der Waals surface area contributed by atoms with Crippen molar-refractivity contribution in [2.45, 2.75) is 13.0 Å². The Bertz CT molecular complexity index is 446. The summed E-state index contributed by atoms with van der Waals surface area (Å²) in [6.45, 7) is 5.72. The van der Waals surface area contributed by atoms with E-state index in [0.717, 1.165) is 26.2 Å². The summed E-state index contributed by atoms with van der Waals surface area (Å²) in [6.07, 6.45) is 1.60. The van der Waals surface area contributed by atoms with E-state index in [9.17, 15) is 4.79 Å². The van der Waals surface area contributed by atoms with Crippen LogP contribution < -0.4 is 5.32 Å². The molecule has 1 N–H and O–H groups in total. The van der Waals surface area contributed by atoms with Crippen molar-refractivity contribution in [2.75, 3.05) is 38.5 Å². The van der Waals surface area contributed by atoms with Gasteiger partial charge in [-0.05, 0) is 26.1 Å². The Kier molecular flexibility index (Phi) is 4.74. The number of pyridine rings is 1. The van der Waals surface area contributed by atoms with Gasteiger partial charge in [-0.3, -0.25) is 9.69 Å². The van der Waals surface area contributed by atoms with Crippen molar-refractivity contribution in [1.29, 1.82) is 0 Å². The number of hydrogen-bond acceptors (Lipinski definition) is 4. The highest BCUT2D eigenvalue weighted by Crippen LogP contribution is 2.18. The molecular weight excluding hydrogens is 264 g/mol. The van der Waals surface area contributed by atoms with Crippen molar-refractivity contribution in [1.82, 2.24) is 14.8 Å². The van der Waals surface area contributed by atoms with E-state index in [1.54, 1.807) is 18.3 Å². The minimum atomic E-state index is -0.162. The summed E-state index contributed by atoms with van der Waals surface area (Å²) in [4.78, 5) is 20.6. The molecule has 6 heteroatoms. The molecule has 1 aliphatic heterocycles. The van der Waals surface area contributed by atoms with Crippen molar-refractivity contribution in [3.05, 3.63) is 23.5 Å². The van der Waals surface area contributed by atoms with Crippen molar-refractivity contribution < 1.29 is 4.79 Å². The first kappa shape index (κ1) is 14.2. The lowest BCUT2D eigenvalue weighted by molar-refractivity contribution is -0.121. The van der Waals surface area contributed by atoms with Crippen LogP contribution in [0.5, 0.6) is 0 Å². The van der Waals surface area contributed by atoms with Gasteiger partial charge in [-0.25, -0.2) is 4.98 Å². The summed E-state index contributed by atoms with van der Waals surface area (Å²) in [5.41, 5.74) is 0.565. The van der Waals surface area contributed by atoms with Crippen LogP contribution in [0.4, 0.5) is 5.69 Å². The van der Waals surface area contributed by atoms with Crippen LogP contribution in [0.1, 0.15) is 6.92 Å². The second-order valence-corrected chi connectivity index (χ2v) is 5.20. The van der Waals surface area contributed by atoms with Gasteiger partial charge in [0.1, 0.15) is 0 Å². The van der Waals surface area contributed by atoms with Crippen LogP contribution in [0, 0.1) is 0 Å². The molecule has 104 valence electrons. The standard InChI is InChI=1S/C13H19ClN4O/c1-10(18-8-6-17(2)7-9-18)13(19)16-11-4-3-5-15-12(11)14/h3-5,10H,6-9H2,1-2H3,(H,16,19)/t10-/m1/s1. The molecule has 1 aliphatic rings. The summed E-state index contributed by atoms with van der Waals surface area (Å²) < 4.78 is 0. The van der Waals surface area contributed by atoms with Crippen molar-refractivity contribution in [3.8, 4) is 0 Å². The molecule has 1 fully saturated rings. The minimum Gasteiger partial charge on any atom is -0.322 e. The van der Waals surface area contributed by atoms with Gasteiger partial charge >= 0.3 is 0 Å². The van der Waals surface area contributed by atoms with E-state index in [-0.39, 0.29) is 11.9 Å². The number of likely N-dealkylation sites (N-methyl/N-ethyl adjacent to an activating group) is 1. The third-order valence-corrected chi connectivity index (χ3v) is 3.78. The van der Waals surface area contributed by atoms with Crippen LogP contribution in [0.2, 0.25) is 5.15 Å². The van der Waals surface area contributed by atoms with Crippen LogP contribution in [0.3, 0.4) is 0 Å². The first-order valence-corrected chi connectivity index (χ1v) is 6.79. The summed E-state index contributed by atoms with van der Waals surface area (Å²) in [7, 11) is 2.09. The van der Waals surface area contributed by atoms with Crippen molar-refractivity contribution in [2.24, 2.45) is 0 Å². The number of rotatable bonds is 3. The molecule has 5 nitrogen and oxygen atoms in total. The molecule has 2 rings (SSSR count). The highest BCUT2D eigenvalue weighted by molar-refractivity contribution is 6.32. The van der Waals surface area contributed by atoms with Gasteiger partial charge in [0.25, 0.3) is 0 Å². The fourth-order valence-corrected chi connectivity index (χ4v) is 2.26. The van der Waals surface area contributed by atoms with Gasteiger partial charge in [0.2, 0.25) is 5.91 Å². The quantitative estimate of drug-likeness (QED) is 0.850. The lowest BCUT2D eigenvalue weighted by Gasteiger charge is -2.35. The molecule has 2 heterocycles. The van der Waals surface area contributed by atoms with Gasteiger partial charge < -0.3 is 10.2 Å². The average Bonchev–Trinajstić information content (AvgIpc) is 2.41. The van der Waals surface area contributed by atoms with E-state index >= 15 is 0 Å². The molecule has 1 saturated heterocycles. The first-order chi connectivity index (χ1) is 9.08. The number of nitrogens with one attached hydrogen (secondary N) is 1. The molecule has 0 saturated carbocycles. The number of amides is 1. The van der Waals surface area contributed by atoms with Gasteiger partial charge in [0.15, 0.2) is 5.15 Å². The molecule has 1 aromatic heterocycles. The predicted molar refractivity (Wildman–Crippen MR) is 76.4 cm³/mol. The Labute approximate surface area is 118 Å². The van der Waals surface area contributed by atoms with Crippen LogP contribution >= 0.6 is 11.6 Å². The molecule has 0 spiro atoms. The first-order valence-electron chi connectivity index (χ1n) is 6.42. The second kappa shape index (κ2) is 6.32. The molecule has 0 bridgehead atoms. The second-order valence-electron chi connectivity index (χ2n) is 4.85. The molecule has 0 radical (unpaired) electrons. The van der Waals surface area contributed by atoms with E-state index in [0.29, 0.717) is 10.8 Å². The van der Waals surface area contributed by atoms with E-state index in [1.807, 2.05) is 6.92 Å². The number of carbonyl (C=O) groups excluding carboxylic acids is 1. The van der Waals surface area contributed by atoms with E-state index in [2.05, 4.69) is 27.1 Å². The van der Waals surface area contributed by atoms with Gasteiger partial charge in [-0.2, -0.15) is 0 Å². The zero-order valence-electron chi connectivity index (χ0n) is 11.3. The number of hydrogen-bond donors (Lipinski definition) is 1. The molecular formula is C13H19ClN4O. The predicted octanol–water partition coefficient (Wildman–Crippen LogP) is 1.31. The SMILES string of the molecule is C[C@H](C(=O)Nc1cccnc1Cl)N1CCN(C)CC1. The zero-order chi connectivity index (χ0) is 13.8. The summed E-state index contributed by atoms with van der Waals surface area (Å²) in [6, 6.07) is 3.34. The summed E-state index contributed by atoms with van der Waals surface area (Å²) >= 11 is 5.93.